The number of amides is 1. The molecule has 1 aliphatic heterocycles. The second-order valence-corrected chi connectivity index (χ2v) is 9.31. The smallest absolute Gasteiger partial charge is 0.408 e. The van der Waals surface area contributed by atoms with Gasteiger partial charge in [-0.25, -0.2) is 19.4 Å². The Labute approximate surface area is 220 Å². The summed E-state index contributed by atoms with van der Waals surface area (Å²) in [5, 5.41) is 15.3. The van der Waals surface area contributed by atoms with Crippen molar-refractivity contribution in [3.8, 4) is 0 Å². The predicted octanol–water partition coefficient (Wildman–Crippen LogP) is 2.65. The number of anilines is 2. The van der Waals surface area contributed by atoms with Gasteiger partial charge in [-0.05, 0) is 43.4 Å². The van der Waals surface area contributed by atoms with E-state index in [2.05, 4.69) is 25.5 Å². The largest absolute Gasteiger partial charge is 0.480 e. The van der Waals surface area contributed by atoms with E-state index in [0.717, 1.165) is 49.4 Å². The third-order valence-electron chi connectivity index (χ3n) is 6.48. The Morgan fingerprint density at radius 1 is 1.13 bits per heavy atom. The van der Waals surface area contributed by atoms with Gasteiger partial charge < -0.3 is 25.4 Å². The average molecular weight is 521 g/mol. The van der Waals surface area contributed by atoms with E-state index in [-0.39, 0.29) is 13.2 Å². The molecule has 0 saturated carbocycles. The van der Waals surface area contributed by atoms with Gasteiger partial charge in [0.1, 0.15) is 24.3 Å². The molecule has 1 amide bonds. The molecule has 11 nitrogen and oxygen atoms in total. The van der Waals surface area contributed by atoms with Crippen LogP contribution < -0.4 is 21.2 Å². The Kier molecular flexibility index (Phi) is 8.91. The highest BCUT2D eigenvalue weighted by Gasteiger charge is 2.25. The zero-order chi connectivity index (χ0) is 26.9. The van der Waals surface area contributed by atoms with Crippen molar-refractivity contribution in [2.45, 2.75) is 39.0 Å². The van der Waals surface area contributed by atoms with E-state index >= 15 is 0 Å². The number of rotatable bonds is 10. The van der Waals surface area contributed by atoms with Crippen LogP contribution >= 0.6 is 0 Å². The Morgan fingerprint density at radius 3 is 2.55 bits per heavy atom. The topological polar surface area (TPSA) is 139 Å². The van der Waals surface area contributed by atoms with E-state index < -0.39 is 23.8 Å². The van der Waals surface area contributed by atoms with Crippen molar-refractivity contribution in [1.29, 1.82) is 0 Å². The van der Waals surface area contributed by atoms with Crippen LogP contribution in [-0.2, 0) is 22.7 Å². The Bertz CT molecular complexity index is 1280. The van der Waals surface area contributed by atoms with Gasteiger partial charge in [0.15, 0.2) is 0 Å². The molecule has 3 N–H and O–H groups in total. The molecule has 11 heteroatoms. The molecule has 0 radical (unpaired) electrons. The number of aromatic nitrogens is 3. The predicted molar refractivity (Wildman–Crippen MR) is 142 cm³/mol. The molecule has 4 rings (SSSR count). The lowest BCUT2D eigenvalue weighted by Crippen LogP contribution is -2.46. The molecule has 3 aromatic rings. The molecule has 0 unspecified atom stereocenters. The van der Waals surface area contributed by atoms with Crippen molar-refractivity contribution in [2.24, 2.45) is 5.92 Å². The first-order valence-electron chi connectivity index (χ1n) is 12.6. The molecule has 1 aliphatic rings. The molecular weight excluding hydrogens is 488 g/mol. The van der Waals surface area contributed by atoms with Crippen LogP contribution in [0.1, 0.15) is 24.0 Å². The van der Waals surface area contributed by atoms with E-state index in [9.17, 15) is 19.5 Å². The minimum atomic E-state index is -1.36. The van der Waals surface area contributed by atoms with Crippen LogP contribution in [0.4, 0.5) is 16.4 Å². The van der Waals surface area contributed by atoms with E-state index in [0.29, 0.717) is 11.7 Å². The monoisotopic (exact) mass is 520 g/mol. The third-order valence-corrected chi connectivity index (χ3v) is 6.48. The van der Waals surface area contributed by atoms with Gasteiger partial charge >= 0.3 is 17.8 Å². The maximum atomic E-state index is 12.8. The number of carbonyl (C=O) groups is 2. The molecular formula is C27H32N6O5. The standard InChI is InChI=1S/C27H32N6O5/c1-19-16-33(17-22(25(34)35)30-27(37)38-18-21-7-3-2-4-8-21)26(36)31-24(19)32-13-10-20(11-14-32)15-29-23-9-5-6-12-28-23/h2-9,12,16,20,22H,10-11,13-15,17-18H2,1H3,(H,28,29)(H,30,37)(H,34,35)/t22-/m0/s1. The summed E-state index contributed by atoms with van der Waals surface area (Å²) < 4.78 is 6.33. The number of nitrogens with zero attached hydrogens (tertiary/aromatic N) is 4. The number of hydrogen-bond donors (Lipinski definition) is 3. The van der Waals surface area contributed by atoms with Crippen molar-refractivity contribution in [2.75, 3.05) is 29.9 Å². The fraction of sp³-hybridized carbons (Fsp3) is 0.370. The van der Waals surface area contributed by atoms with Crippen molar-refractivity contribution >= 4 is 23.7 Å². The summed E-state index contributed by atoms with van der Waals surface area (Å²) in [6.07, 6.45) is 4.36. The summed E-state index contributed by atoms with van der Waals surface area (Å²) >= 11 is 0. The van der Waals surface area contributed by atoms with E-state index in [1.807, 2.05) is 43.3 Å². The summed E-state index contributed by atoms with van der Waals surface area (Å²) in [6, 6.07) is 13.5. The molecule has 0 bridgehead atoms. The molecule has 38 heavy (non-hydrogen) atoms. The number of benzene rings is 1. The van der Waals surface area contributed by atoms with Crippen LogP contribution in [0.15, 0.2) is 65.7 Å². The number of aliphatic carboxylic acids is 1. The first kappa shape index (κ1) is 26.6. The minimum absolute atomic E-state index is 0.00419. The fourth-order valence-corrected chi connectivity index (χ4v) is 4.39. The van der Waals surface area contributed by atoms with Crippen molar-refractivity contribution < 1.29 is 19.4 Å². The Balaban J connectivity index is 1.32. The quantitative estimate of drug-likeness (QED) is 0.368. The Morgan fingerprint density at radius 2 is 1.87 bits per heavy atom. The van der Waals surface area contributed by atoms with Crippen LogP contribution in [0.2, 0.25) is 0 Å². The van der Waals surface area contributed by atoms with Crippen molar-refractivity contribution in [3.05, 3.63) is 82.5 Å². The minimum Gasteiger partial charge on any atom is -0.480 e. The lowest BCUT2D eigenvalue weighted by molar-refractivity contribution is -0.139. The van der Waals surface area contributed by atoms with Crippen LogP contribution in [0, 0.1) is 12.8 Å². The summed E-state index contributed by atoms with van der Waals surface area (Å²) in [7, 11) is 0. The molecule has 1 saturated heterocycles. The Hall–Kier alpha value is -4.41. The normalized spacial score (nSPS) is 14.5. The maximum Gasteiger partial charge on any atom is 0.408 e. The van der Waals surface area contributed by atoms with E-state index in [1.165, 1.54) is 4.57 Å². The first-order chi connectivity index (χ1) is 18.4. The SMILES string of the molecule is Cc1cn(C[C@H](NC(=O)OCc2ccccc2)C(=O)O)c(=O)nc1N1CCC(CNc2ccccn2)CC1. The van der Waals surface area contributed by atoms with Gasteiger partial charge in [-0.3, -0.25) is 4.57 Å². The van der Waals surface area contributed by atoms with Gasteiger partial charge in [-0.15, -0.1) is 0 Å². The number of ether oxygens (including phenoxy) is 1. The number of carboxylic acid groups (broad SMARTS) is 1. The van der Waals surface area contributed by atoms with Crippen LogP contribution in [0.5, 0.6) is 0 Å². The maximum absolute atomic E-state index is 12.8. The summed E-state index contributed by atoms with van der Waals surface area (Å²) in [5.41, 5.74) is 0.954. The first-order valence-corrected chi connectivity index (χ1v) is 12.6. The highest BCUT2D eigenvalue weighted by Crippen LogP contribution is 2.23. The van der Waals surface area contributed by atoms with Crippen molar-refractivity contribution in [3.63, 3.8) is 0 Å². The van der Waals surface area contributed by atoms with E-state index in [1.54, 1.807) is 24.5 Å². The van der Waals surface area contributed by atoms with Gasteiger partial charge in [0, 0.05) is 37.6 Å². The number of piperidine rings is 1. The zero-order valence-electron chi connectivity index (χ0n) is 21.2. The van der Waals surface area contributed by atoms with Crippen LogP contribution in [0.25, 0.3) is 0 Å². The highest BCUT2D eigenvalue weighted by molar-refractivity contribution is 5.79. The second kappa shape index (κ2) is 12.7. The number of pyridine rings is 1. The lowest BCUT2D eigenvalue weighted by Gasteiger charge is -2.33. The van der Waals surface area contributed by atoms with E-state index in [4.69, 9.17) is 4.74 Å². The lowest BCUT2D eigenvalue weighted by atomic mass is 9.96. The number of carboxylic acids is 1. The molecule has 1 fully saturated rings. The third kappa shape index (κ3) is 7.31. The molecule has 0 aliphatic carbocycles. The van der Waals surface area contributed by atoms with Gasteiger partial charge in [0.25, 0.3) is 0 Å². The fourth-order valence-electron chi connectivity index (χ4n) is 4.39. The number of alkyl carbamates (subject to hydrolysis) is 1. The number of carbonyl (C=O) groups excluding carboxylic acids is 1. The second-order valence-electron chi connectivity index (χ2n) is 9.31. The molecule has 1 atom stereocenters. The van der Waals surface area contributed by atoms with Crippen molar-refractivity contribution in [1.82, 2.24) is 19.9 Å². The number of aryl methyl sites for hydroxylation is 1. The summed E-state index contributed by atoms with van der Waals surface area (Å²) in [5.74, 6) is 0.661. The van der Waals surface area contributed by atoms with Gasteiger partial charge in [0.05, 0.1) is 6.54 Å². The average Bonchev–Trinajstić information content (AvgIpc) is 2.93. The van der Waals surface area contributed by atoms with Gasteiger partial charge in [-0.1, -0.05) is 36.4 Å². The molecule has 1 aromatic carbocycles. The summed E-state index contributed by atoms with van der Waals surface area (Å²) in [4.78, 5) is 47.4. The van der Waals surface area contributed by atoms with Crippen LogP contribution in [0.3, 0.4) is 0 Å². The molecule has 2 aromatic heterocycles. The number of nitrogens with one attached hydrogen (secondary N) is 2. The van der Waals surface area contributed by atoms with Gasteiger partial charge in [-0.2, -0.15) is 4.98 Å². The number of hydrogen-bond acceptors (Lipinski definition) is 8. The highest BCUT2D eigenvalue weighted by atomic mass is 16.5. The summed E-state index contributed by atoms with van der Waals surface area (Å²) in [6.45, 7) is 3.92. The van der Waals surface area contributed by atoms with Gasteiger partial charge in [0.2, 0.25) is 0 Å². The zero-order valence-corrected chi connectivity index (χ0v) is 21.2. The molecule has 3 heterocycles. The molecule has 200 valence electrons. The van der Waals surface area contributed by atoms with Crippen LogP contribution in [-0.4, -0.2) is 57.4 Å². The molecule has 0 spiro atoms.